The van der Waals surface area contributed by atoms with E-state index in [9.17, 15) is 4.79 Å². The molecular formula is C14H19NO2. The van der Waals surface area contributed by atoms with Crippen LogP contribution in [0.2, 0.25) is 0 Å². The van der Waals surface area contributed by atoms with Gasteiger partial charge in [-0.15, -0.1) is 0 Å². The maximum absolute atomic E-state index is 11.6. The molecule has 1 N–H and O–H groups in total. The molecule has 92 valence electrons. The van der Waals surface area contributed by atoms with Gasteiger partial charge in [0.2, 0.25) is 0 Å². The van der Waals surface area contributed by atoms with Gasteiger partial charge in [0, 0.05) is 12.1 Å². The van der Waals surface area contributed by atoms with Crippen LogP contribution in [-0.4, -0.2) is 18.6 Å². The van der Waals surface area contributed by atoms with E-state index in [0.29, 0.717) is 12.5 Å². The Morgan fingerprint density at radius 2 is 2.29 bits per heavy atom. The van der Waals surface area contributed by atoms with Gasteiger partial charge in [0.15, 0.2) is 0 Å². The van der Waals surface area contributed by atoms with Crippen molar-refractivity contribution in [2.75, 3.05) is 11.9 Å². The highest BCUT2D eigenvalue weighted by molar-refractivity contribution is 5.83. The highest BCUT2D eigenvalue weighted by Gasteiger charge is 2.27. The molecule has 3 nitrogen and oxygen atoms in total. The lowest BCUT2D eigenvalue weighted by atomic mass is 10.00. The zero-order valence-electron chi connectivity index (χ0n) is 10.6. The number of hydrogen-bond acceptors (Lipinski definition) is 3. The Hall–Kier alpha value is -1.51. The molecule has 1 aliphatic heterocycles. The van der Waals surface area contributed by atoms with Crippen LogP contribution < -0.4 is 5.32 Å². The second-order valence-electron chi connectivity index (χ2n) is 4.72. The largest absolute Gasteiger partial charge is 0.464 e. The highest BCUT2D eigenvalue weighted by Crippen LogP contribution is 2.29. The van der Waals surface area contributed by atoms with Crippen molar-refractivity contribution >= 4 is 11.7 Å². The predicted molar refractivity (Wildman–Crippen MR) is 68.3 cm³/mol. The van der Waals surface area contributed by atoms with Crippen molar-refractivity contribution in [1.29, 1.82) is 0 Å². The smallest absolute Gasteiger partial charge is 0.328 e. The summed E-state index contributed by atoms with van der Waals surface area (Å²) in [5, 5.41) is 3.24. The molecule has 1 atom stereocenters. The molecule has 1 aliphatic rings. The van der Waals surface area contributed by atoms with E-state index in [1.165, 1.54) is 11.1 Å². The zero-order chi connectivity index (χ0) is 12.4. The fourth-order valence-corrected chi connectivity index (χ4v) is 2.11. The van der Waals surface area contributed by atoms with Gasteiger partial charge >= 0.3 is 5.97 Å². The number of anilines is 1. The summed E-state index contributed by atoms with van der Waals surface area (Å²) in [7, 11) is 0. The standard InChI is InChI=1S/C14H19NO2/c1-4-17-14(16)13-8-11-6-5-10(9(2)3)7-12(11)15-13/h5-7,9,13,15H,4,8H2,1-3H3/t13-/m0/s1. The molecule has 1 aromatic carbocycles. The quantitative estimate of drug-likeness (QED) is 0.816. The van der Waals surface area contributed by atoms with Gasteiger partial charge in [-0.05, 0) is 30.0 Å². The van der Waals surface area contributed by atoms with E-state index < -0.39 is 0 Å². The summed E-state index contributed by atoms with van der Waals surface area (Å²) >= 11 is 0. The van der Waals surface area contributed by atoms with E-state index in [1.807, 2.05) is 6.92 Å². The number of esters is 1. The van der Waals surface area contributed by atoms with E-state index >= 15 is 0 Å². The lowest BCUT2D eigenvalue weighted by Crippen LogP contribution is -2.28. The molecule has 1 heterocycles. The Kier molecular flexibility index (Phi) is 3.36. The third kappa shape index (κ3) is 2.43. The minimum Gasteiger partial charge on any atom is -0.464 e. The molecule has 0 spiro atoms. The van der Waals surface area contributed by atoms with Gasteiger partial charge in [-0.2, -0.15) is 0 Å². The van der Waals surface area contributed by atoms with Crippen LogP contribution in [-0.2, 0) is 16.0 Å². The fraction of sp³-hybridized carbons (Fsp3) is 0.500. The summed E-state index contributed by atoms with van der Waals surface area (Å²) in [6.45, 7) is 6.60. The topological polar surface area (TPSA) is 38.3 Å². The van der Waals surface area contributed by atoms with Crippen molar-refractivity contribution in [3.05, 3.63) is 29.3 Å². The Balaban J connectivity index is 2.14. The van der Waals surface area contributed by atoms with Gasteiger partial charge in [0.1, 0.15) is 6.04 Å². The lowest BCUT2D eigenvalue weighted by molar-refractivity contribution is -0.143. The van der Waals surface area contributed by atoms with Crippen LogP contribution in [0.5, 0.6) is 0 Å². The summed E-state index contributed by atoms with van der Waals surface area (Å²) in [4.78, 5) is 11.6. The van der Waals surface area contributed by atoms with Crippen LogP contribution in [0.4, 0.5) is 5.69 Å². The Morgan fingerprint density at radius 1 is 1.53 bits per heavy atom. The van der Waals surface area contributed by atoms with Crippen LogP contribution in [0.25, 0.3) is 0 Å². The van der Waals surface area contributed by atoms with Gasteiger partial charge in [0.25, 0.3) is 0 Å². The second-order valence-corrected chi connectivity index (χ2v) is 4.72. The van der Waals surface area contributed by atoms with Crippen molar-refractivity contribution in [2.24, 2.45) is 0 Å². The van der Waals surface area contributed by atoms with Crippen LogP contribution in [0.15, 0.2) is 18.2 Å². The SMILES string of the molecule is CCOC(=O)[C@@H]1Cc2ccc(C(C)C)cc2N1. The molecule has 0 aromatic heterocycles. The van der Waals surface area contributed by atoms with Crippen molar-refractivity contribution in [1.82, 2.24) is 0 Å². The molecular weight excluding hydrogens is 214 g/mol. The van der Waals surface area contributed by atoms with Crippen molar-refractivity contribution < 1.29 is 9.53 Å². The minimum atomic E-state index is -0.215. The van der Waals surface area contributed by atoms with Crippen LogP contribution in [0.1, 0.15) is 37.8 Å². The van der Waals surface area contributed by atoms with Crippen LogP contribution in [0.3, 0.4) is 0 Å². The average molecular weight is 233 g/mol. The van der Waals surface area contributed by atoms with E-state index in [-0.39, 0.29) is 12.0 Å². The number of carbonyl (C=O) groups excluding carboxylic acids is 1. The molecule has 2 rings (SSSR count). The molecule has 0 saturated heterocycles. The van der Waals surface area contributed by atoms with Gasteiger partial charge in [-0.1, -0.05) is 26.0 Å². The molecule has 3 heteroatoms. The monoisotopic (exact) mass is 233 g/mol. The van der Waals surface area contributed by atoms with E-state index in [1.54, 1.807) is 0 Å². The Labute approximate surface area is 102 Å². The van der Waals surface area contributed by atoms with Crippen molar-refractivity contribution in [2.45, 2.75) is 39.2 Å². The normalized spacial score (nSPS) is 17.8. The molecule has 0 bridgehead atoms. The van der Waals surface area contributed by atoms with Crippen LogP contribution in [0, 0.1) is 0 Å². The first-order chi connectivity index (χ1) is 8.11. The Morgan fingerprint density at radius 3 is 2.94 bits per heavy atom. The van der Waals surface area contributed by atoms with E-state index in [4.69, 9.17) is 4.74 Å². The fourth-order valence-electron chi connectivity index (χ4n) is 2.11. The summed E-state index contributed by atoms with van der Waals surface area (Å²) in [5.74, 6) is 0.346. The van der Waals surface area contributed by atoms with Crippen molar-refractivity contribution in [3.8, 4) is 0 Å². The molecule has 0 aliphatic carbocycles. The van der Waals surface area contributed by atoms with Gasteiger partial charge in [-0.25, -0.2) is 4.79 Å². The van der Waals surface area contributed by atoms with Gasteiger partial charge in [0.05, 0.1) is 6.61 Å². The maximum Gasteiger partial charge on any atom is 0.328 e. The molecule has 0 unspecified atom stereocenters. The molecule has 0 radical (unpaired) electrons. The predicted octanol–water partition coefficient (Wildman–Crippen LogP) is 2.71. The number of ether oxygens (including phenoxy) is 1. The number of hydrogen-bond donors (Lipinski definition) is 1. The average Bonchev–Trinajstić information content (AvgIpc) is 2.71. The van der Waals surface area contributed by atoms with Crippen molar-refractivity contribution in [3.63, 3.8) is 0 Å². The first kappa shape index (κ1) is 12.0. The molecule has 17 heavy (non-hydrogen) atoms. The molecule has 0 saturated carbocycles. The summed E-state index contributed by atoms with van der Waals surface area (Å²) in [5.41, 5.74) is 3.57. The number of carbonyl (C=O) groups is 1. The number of fused-ring (bicyclic) bond motifs is 1. The lowest BCUT2D eigenvalue weighted by Gasteiger charge is -2.10. The van der Waals surface area contributed by atoms with Gasteiger partial charge in [-0.3, -0.25) is 0 Å². The summed E-state index contributed by atoms with van der Waals surface area (Å²) in [6, 6.07) is 6.17. The Bertz CT molecular complexity index is 426. The third-order valence-electron chi connectivity index (χ3n) is 3.13. The molecule has 1 aromatic rings. The first-order valence-electron chi connectivity index (χ1n) is 6.17. The molecule has 0 amide bonds. The summed E-state index contributed by atoms with van der Waals surface area (Å²) < 4.78 is 5.03. The molecule has 0 fully saturated rings. The first-order valence-corrected chi connectivity index (χ1v) is 6.17. The number of nitrogens with one attached hydrogen (secondary N) is 1. The summed E-state index contributed by atoms with van der Waals surface area (Å²) in [6.07, 6.45) is 0.729. The van der Waals surface area contributed by atoms with Gasteiger partial charge < -0.3 is 10.1 Å². The van der Waals surface area contributed by atoms with Crippen LogP contribution >= 0.6 is 0 Å². The second kappa shape index (κ2) is 4.78. The van der Waals surface area contributed by atoms with E-state index in [0.717, 1.165) is 12.1 Å². The highest BCUT2D eigenvalue weighted by atomic mass is 16.5. The maximum atomic E-state index is 11.6. The van der Waals surface area contributed by atoms with E-state index in [2.05, 4.69) is 37.4 Å². The minimum absolute atomic E-state index is 0.158. The number of benzene rings is 1. The number of rotatable bonds is 3. The zero-order valence-corrected chi connectivity index (χ0v) is 10.6. The third-order valence-corrected chi connectivity index (χ3v) is 3.13.